The van der Waals surface area contributed by atoms with Crippen molar-refractivity contribution in [2.75, 3.05) is 32.2 Å². The van der Waals surface area contributed by atoms with Crippen LogP contribution in [0.3, 0.4) is 0 Å². The molecule has 0 aromatic heterocycles. The van der Waals surface area contributed by atoms with E-state index >= 15 is 0 Å². The van der Waals surface area contributed by atoms with Crippen molar-refractivity contribution in [1.29, 1.82) is 0 Å². The van der Waals surface area contributed by atoms with Gasteiger partial charge in [0.2, 0.25) is 0 Å². The summed E-state index contributed by atoms with van der Waals surface area (Å²) in [6.45, 7) is 1.40. The third-order valence-corrected chi connectivity index (χ3v) is 5.86. The fourth-order valence-electron chi connectivity index (χ4n) is 3.93. The molecule has 31 heavy (non-hydrogen) atoms. The van der Waals surface area contributed by atoms with E-state index in [2.05, 4.69) is 5.32 Å². The Kier molecular flexibility index (Phi) is 9.00. The van der Waals surface area contributed by atoms with Crippen molar-refractivity contribution in [2.45, 2.75) is 44.2 Å². The quantitative estimate of drug-likeness (QED) is 0.542. The molecule has 0 spiro atoms. The monoisotopic (exact) mass is 446 g/mol. The van der Waals surface area contributed by atoms with Crippen LogP contribution in [0.15, 0.2) is 48.5 Å². The highest BCUT2D eigenvalue weighted by atomic mass is 35.5. The van der Waals surface area contributed by atoms with E-state index in [1.165, 1.54) is 0 Å². The maximum atomic E-state index is 13.3. The van der Waals surface area contributed by atoms with Crippen LogP contribution in [0.1, 0.15) is 43.8 Å². The molecule has 2 aromatic rings. The first-order valence-corrected chi connectivity index (χ1v) is 11.2. The third-order valence-electron chi connectivity index (χ3n) is 5.56. The summed E-state index contributed by atoms with van der Waals surface area (Å²) < 4.78 is 10.8. The summed E-state index contributed by atoms with van der Waals surface area (Å²) >= 11 is 6.31. The molecule has 1 aliphatic rings. The molecule has 1 saturated heterocycles. The maximum Gasteiger partial charge on any atom is 0.322 e. The van der Waals surface area contributed by atoms with Crippen LogP contribution in [0, 0.1) is 0 Å². The molecule has 1 heterocycles. The molecule has 0 aliphatic carbocycles. The molecule has 0 radical (unpaired) electrons. The fraction of sp³-hybridized carbons (Fsp3) is 0.458. The van der Waals surface area contributed by atoms with Gasteiger partial charge in [0.05, 0.1) is 23.4 Å². The third kappa shape index (κ3) is 6.60. The topological polar surface area (TPSA) is 71.0 Å². The van der Waals surface area contributed by atoms with Gasteiger partial charge in [0.25, 0.3) is 0 Å². The number of halogens is 1. The van der Waals surface area contributed by atoms with Crippen LogP contribution < -0.4 is 10.1 Å². The van der Waals surface area contributed by atoms with E-state index in [4.69, 9.17) is 21.1 Å². The highest BCUT2D eigenvalue weighted by Gasteiger charge is 2.28. The summed E-state index contributed by atoms with van der Waals surface area (Å²) in [7, 11) is 1.60. The van der Waals surface area contributed by atoms with E-state index in [9.17, 15) is 9.90 Å². The summed E-state index contributed by atoms with van der Waals surface area (Å²) in [5, 5.41) is 14.2. The molecule has 2 N–H and O–H groups in total. The van der Waals surface area contributed by atoms with Gasteiger partial charge in [0.15, 0.2) is 5.75 Å². The van der Waals surface area contributed by atoms with Crippen molar-refractivity contribution >= 4 is 23.3 Å². The number of aliphatic hydroxyl groups is 1. The number of ether oxygens (including phenoxy) is 2. The Balaban J connectivity index is 1.73. The number of likely N-dealkylation sites (tertiary alicyclic amines) is 1. The summed E-state index contributed by atoms with van der Waals surface area (Å²) in [6.07, 6.45) is 3.81. The molecule has 2 amide bonds. The van der Waals surface area contributed by atoms with E-state index in [1.807, 2.05) is 35.2 Å². The first-order chi connectivity index (χ1) is 15.1. The lowest BCUT2D eigenvalue weighted by Gasteiger charge is -2.32. The second-order valence-corrected chi connectivity index (χ2v) is 8.15. The lowest BCUT2D eigenvalue weighted by Crippen LogP contribution is -2.43. The Bertz CT molecular complexity index is 834. The number of urea groups is 1. The predicted molar refractivity (Wildman–Crippen MR) is 123 cm³/mol. The summed E-state index contributed by atoms with van der Waals surface area (Å²) in [5.74, 6) is 0.435. The molecule has 0 saturated carbocycles. The van der Waals surface area contributed by atoms with Gasteiger partial charge < -0.3 is 24.8 Å². The summed E-state index contributed by atoms with van der Waals surface area (Å²) in [5.41, 5.74) is 1.40. The number of nitrogens with zero attached hydrogens (tertiary/aromatic N) is 1. The zero-order valence-electron chi connectivity index (χ0n) is 17.9. The van der Waals surface area contributed by atoms with E-state index < -0.39 is 6.10 Å². The lowest BCUT2D eigenvalue weighted by atomic mass is 9.98. The minimum absolute atomic E-state index is 0.0465. The van der Waals surface area contributed by atoms with Gasteiger partial charge in [-0.05, 0) is 37.0 Å². The van der Waals surface area contributed by atoms with Gasteiger partial charge in [0, 0.05) is 19.7 Å². The Morgan fingerprint density at radius 3 is 2.74 bits per heavy atom. The zero-order chi connectivity index (χ0) is 22.1. The number of nitrogens with one attached hydrogen (secondary N) is 1. The van der Waals surface area contributed by atoms with Gasteiger partial charge in [-0.2, -0.15) is 0 Å². The van der Waals surface area contributed by atoms with Crippen LogP contribution in [-0.2, 0) is 4.74 Å². The van der Waals surface area contributed by atoms with Crippen molar-refractivity contribution in [3.8, 4) is 5.75 Å². The molecule has 2 atom stereocenters. The molecule has 6 nitrogen and oxygen atoms in total. The fourth-order valence-corrected chi connectivity index (χ4v) is 4.16. The highest BCUT2D eigenvalue weighted by Crippen LogP contribution is 2.34. The molecule has 7 heteroatoms. The van der Waals surface area contributed by atoms with Gasteiger partial charge in [-0.3, -0.25) is 0 Å². The van der Waals surface area contributed by atoms with Crippen LogP contribution in [0.25, 0.3) is 0 Å². The largest absolute Gasteiger partial charge is 0.487 e. The maximum absolute atomic E-state index is 13.3. The first-order valence-electron chi connectivity index (χ1n) is 10.8. The second kappa shape index (κ2) is 11.9. The minimum Gasteiger partial charge on any atom is -0.487 e. The number of benzene rings is 2. The van der Waals surface area contributed by atoms with Crippen molar-refractivity contribution in [2.24, 2.45) is 0 Å². The van der Waals surface area contributed by atoms with Crippen molar-refractivity contribution in [3.63, 3.8) is 0 Å². The normalized spacial score (nSPS) is 17.6. The number of amides is 2. The minimum atomic E-state index is -0.612. The average molecular weight is 447 g/mol. The van der Waals surface area contributed by atoms with Crippen LogP contribution in [-0.4, -0.2) is 48.9 Å². The van der Waals surface area contributed by atoms with Gasteiger partial charge in [0.1, 0.15) is 6.61 Å². The number of methoxy groups -OCH3 is 1. The molecule has 1 fully saturated rings. The van der Waals surface area contributed by atoms with Gasteiger partial charge in [-0.25, -0.2) is 4.79 Å². The Hall–Kier alpha value is -2.28. The van der Waals surface area contributed by atoms with Crippen LogP contribution in [0.2, 0.25) is 5.02 Å². The number of anilines is 1. The summed E-state index contributed by atoms with van der Waals surface area (Å²) in [6, 6.07) is 14.6. The molecule has 0 bridgehead atoms. The molecule has 2 aromatic carbocycles. The van der Waals surface area contributed by atoms with Crippen molar-refractivity contribution in [3.05, 3.63) is 59.1 Å². The Labute approximate surface area is 189 Å². The SMILES string of the molecule is COCCOc1c(Cl)cccc1NC(=O)N1CCCCCC1CC(O)c1ccccc1. The number of carbonyl (C=O) groups excluding carboxylic acids is 1. The van der Waals surface area contributed by atoms with E-state index in [1.54, 1.807) is 25.3 Å². The number of rotatable bonds is 8. The van der Waals surface area contributed by atoms with E-state index in [0.29, 0.717) is 42.6 Å². The van der Waals surface area contributed by atoms with E-state index in [-0.39, 0.29) is 12.1 Å². The molecule has 2 unspecified atom stereocenters. The van der Waals surface area contributed by atoms with Gasteiger partial charge in [-0.1, -0.05) is 60.8 Å². The number of aliphatic hydroxyl groups excluding tert-OH is 1. The van der Waals surface area contributed by atoms with Gasteiger partial charge >= 0.3 is 6.03 Å². The average Bonchev–Trinajstić information content (AvgIpc) is 3.02. The number of carbonyl (C=O) groups is 1. The van der Waals surface area contributed by atoms with Crippen LogP contribution >= 0.6 is 11.6 Å². The molecule has 1 aliphatic heterocycles. The smallest absolute Gasteiger partial charge is 0.322 e. The molecule has 168 valence electrons. The highest BCUT2D eigenvalue weighted by molar-refractivity contribution is 6.32. The lowest BCUT2D eigenvalue weighted by molar-refractivity contribution is 0.115. The number of hydrogen-bond donors (Lipinski definition) is 2. The summed E-state index contributed by atoms with van der Waals surface area (Å²) in [4.78, 5) is 15.1. The zero-order valence-corrected chi connectivity index (χ0v) is 18.7. The second-order valence-electron chi connectivity index (χ2n) is 7.75. The molecule has 3 rings (SSSR count). The van der Waals surface area contributed by atoms with E-state index in [0.717, 1.165) is 31.2 Å². The molecular formula is C24H31ClN2O4. The Morgan fingerprint density at radius 2 is 1.97 bits per heavy atom. The number of para-hydroxylation sites is 1. The van der Waals surface area contributed by atoms with Crippen LogP contribution in [0.4, 0.5) is 10.5 Å². The van der Waals surface area contributed by atoms with Gasteiger partial charge in [-0.15, -0.1) is 0 Å². The number of hydrogen-bond acceptors (Lipinski definition) is 4. The van der Waals surface area contributed by atoms with Crippen molar-refractivity contribution < 1.29 is 19.4 Å². The predicted octanol–water partition coefficient (Wildman–Crippen LogP) is 5.27. The standard InChI is InChI=1S/C24H31ClN2O4/c1-30-15-16-31-23-20(25)12-8-13-21(23)26-24(29)27-14-7-3-6-11-19(27)17-22(28)18-9-4-2-5-10-18/h2,4-5,8-10,12-13,19,22,28H,3,6-7,11,14-17H2,1H3,(H,26,29). The van der Waals surface area contributed by atoms with Crippen LogP contribution in [0.5, 0.6) is 5.75 Å². The molecular weight excluding hydrogens is 416 g/mol. The Morgan fingerprint density at radius 1 is 1.16 bits per heavy atom. The first kappa shape index (κ1) is 23.4. The van der Waals surface area contributed by atoms with Crippen molar-refractivity contribution in [1.82, 2.24) is 4.90 Å².